The van der Waals surface area contributed by atoms with Gasteiger partial charge in [0.05, 0.1) is 11.1 Å². The maximum absolute atomic E-state index is 11.3. The first kappa shape index (κ1) is 30.3. The normalized spacial score (nSPS) is 11.0. The Kier molecular flexibility index (Phi) is 10.7. The molecule has 0 fully saturated rings. The fourth-order valence-corrected chi connectivity index (χ4v) is 4.56. The van der Waals surface area contributed by atoms with Crippen molar-refractivity contribution in [2.45, 2.75) is 39.3 Å². The molecule has 0 bridgehead atoms. The van der Waals surface area contributed by atoms with E-state index in [1.807, 2.05) is 30.3 Å². The number of hydrogen-bond donors (Lipinski definition) is 2. The number of benzene rings is 4. The maximum Gasteiger partial charge on any atom is 0.335 e. The number of para-hydroxylation sites is 1. The second-order valence-corrected chi connectivity index (χ2v) is 10.5. The minimum Gasteiger partial charge on any atom is -0.492 e. The predicted octanol–water partition coefficient (Wildman–Crippen LogP) is 6.91. The van der Waals surface area contributed by atoms with Crippen LogP contribution in [0.25, 0.3) is 0 Å². The van der Waals surface area contributed by atoms with Crippen LogP contribution in [-0.4, -0.2) is 46.7 Å². The van der Waals surface area contributed by atoms with E-state index in [-0.39, 0.29) is 11.1 Å². The Balaban J connectivity index is 1.40. The monoisotopic (exact) mass is 567 g/mol. The Labute approximate surface area is 247 Å². The number of carboxylic acid groups (broad SMARTS) is 2. The molecule has 42 heavy (non-hydrogen) atoms. The summed E-state index contributed by atoms with van der Waals surface area (Å²) in [5.41, 5.74) is 4.99. The summed E-state index contributed by atoms with van der Waals surface area (Å²) in [5, 5.41) is 18.4. The van der Waals surface area contributed by atoms with E-state index < -0.39 is 11.9 Å². The summed E-state index contributed by atoms with van der Waals surface area (Å²) in [6.45, 7) is 7.22. The van der Waals surface area contributed by atoms with Crippen LogP contribution in [0.5, 0.6) is 11.5 Å². The van der Waals surface area contributed by atoms with Crippen molar-refractivity contribution in [1.82, 2.24) is 4.90 Å². The van der Waals surface area contributed by atoms with Crippen molar-refractivity contribution in [2.75, 3.05) is 19.7 Å². The molecule has 7 heteroatoms. The lowest BCUT2D eigenvalue weighted by Gasteiger charge is -2.23. The molecule has 0 aliphatic rings. The third-order valence-corrected chi connectivity index (χ3v) is 7.10. The van der Waals surface area contributed by atoms with Gasteiger partial charge in [-0.05, 0) is 77.1 Å². The summed E-state index contributed by atoms with van der Waals surface area (Å²) in [5.74, 6) is 0.0154. The molecule has 2 N–H and O–H groups in total. The minimum atomic E-state index is -0.977. The summed E-state index contributed by atoms with van der Waals surface area (Å²) >= 11 is 0. The highest BCUT2D eigenvalue weighted by Crippen LogP contribution is 2.22. The van der Waals surface area contributed by atoms with E-state index in [2.05, 4.69) is 49.1 Å². The second kappa shape index (κ2) is 14.8. The van der Waals surface area contributed by atoms with Gasteiger partial charge in [-0.1, -0.05) is 68.4 Å². The van der Waals surface area contributed by atoms with Gasteiger partial charge in [-0.2, -0.15) is 0 Å². The molecule has 7 nitrogen and oxygen atoms in total. The fraction of sp³-hybridized carbons (Fsp3) is 0.257. The average molecular weight is 568 g/mol. The van der Waals surface area contributed by atoms with Crippen molar-refractivity contribution in [2.24, 2.45) is 0 Å². The predicted molar refractivity (Wildman–Crippen MR) is 163 cm³/mol. The van der Waals surface area contributed by atoms with Crippen LogP contribution in [0, 0.1) is 0 Å². The number of carbonyl (C=O) groups is 2. The van der Waals surface area contributed by atoms with Gasteiger partial charge in [-0.15, -0.1) is 0 Å². The van der Waals surface area contributed by atoms with E-state index in [0.717, 1.165) is 35.4 Å². The molecule has 0 aliphatic heterocycles. The molecule has 4 rings (SSSR count). The number of nitrogens with zero attached hydrogens (tertiary/aromatic N) is 1. The van der Waals surface area contributed by atoms with Crippen LogP contribution in [0.2, 0.25) is 0 Å². The van der Waals surface area contributed by atoms with Crippen LogP contribution in [0.15, 0.2) is 97.1 Å². The lowest BCUT2D eigenvalue weighted by atomic mass is 10.0. The van der Waals surface area contributed by atoms with Gasteiger partial charge in [-0.25, -0.2) is 9.59 Å². The minimum absolute atomic E-state index is 0.210. The first-order chi connectivity index (χ1) is 20.3. The van der Waals surface area contributed by atoms with Gasteiger partial charge in [0.2, 0.25) is 0 Å². The van der Waals surface area contributed by atoms with Gasteiger partial charge in [0.25, 0.3) is 0 Å². The van der Waals surface area contributed by atoms with E-state index >= 15 is 0 Å². The quantitative estimate of drug-likeness (QED) is 0.161. The van der Waals surface area contributed by atoms with E-state index in [0.29, 0.717) is 38.0 Å². The molecule has 0 saturated carbocycles. The van der Waals surface area contributed by atoms with Gasteiger partial charge in [0.1, 0.15) is 24.7 Å². The number of hydrogen-bond acceptors (Lipinski definition) is 5. The van der Waals surface area contributed by atoms with Crippen LogP contribution in [0.3, 0.4) is 0 Å². The van der Waals surface area contributed by atoms with Gasteiger partial charge in [0.15, 0.2) is 0 Å². The zero-order valence-corrected chi connectivity index (χ0v) is 24.0. The van der Waals surface area contributed by atoms with Gasteiger partial charge in [-0.3, -0.25) is 4.90 Å². The average Bonchev–Trinajstić information content (AvgIpc) is 3.00. The third-order valence-electron chi connectivity index (χ3n) is 7.10. The molecule has 0 spiro atoms. The summed E-state index contributed by atoms with van der Waals surface area (Å²) < 4.78 is 12.1. The van der Waals surface area contributed by atoms with Crippen LogP contribution in [0.1, 0.15) is 62.7 Å². The molecule has 0 heterocycles. The molecule has 218 valence electrons. The summed E-state index contributed by atoms with van der Waals surface area (Å²) in [4.78, 5) is 24.6. The maximum atomic E-state index is 11.3. The zero-order chi connectivity index (χ0) is 29.9. The molecule has 0 radical (unpaired) electrons. The Morgan fingerprint density at radius 2 is 1.31 bits per heavy atom. The third kappa shape index (κ3) is 8.94. The Bertz CT molecular complexity index is 1450. The van der Waals surface area contributed by atoms with Crippen molar-refractivity contribution in [3.8, 4) is 11.5 Å². The number of rotatable bonds is 15. The van der Waals surface area contributed by atoms with Crippen LogP contribution >= 0.6 is 0 Å². The SMILES string of the molecule is CC(C)c1ccc(COc2ccccc2CCN(CCOc2ccc(C(=O)O)cc2)Cc2ccc(C(=O)O)cc2)cc1. The molecule has 4 aromatic carbocycles. The Hall–Kier alpha value is -4.62. The first-order valence-corrected chi connectivity index (χ1v) is 14.1. The summed E-state index contributed by atoms with van der Waals surface area (Å²) in [6.07, 6.45) is 0.753. The number of aromatic carboxylic acids is 2. The van der Waals surface area contributed by atoms with E-state index in [1.165, 1.54) is 17.7 Å². The number of ether oxygens (including phenoxy) is 2. The number of carboxylic acids is 2. The van der Waals surface area contributed by atoms with E-state index in [1.54, 1.807) is 24.3 Å². The molecule has 0 saturated heterocycles. The molecule has 0 amide bonds. The largest absolute Gasteiger partial charge is 0.492 e. The summed E-state index contributed by atoms with van der Waals surface area (Å²) in [6, 6.07) is 29.9. The fourth-order valence-electron chi connectivity index (χ4n) is 4.56. The molecule has 0 aliphatic carbocycles. The lowest BCUT2D eigenvalue weighted by Crippen LogP contribution is -2.30. The van der Waals surface area contributed by atoms with Crippen LogP contribution in [-0.2, 0) is 19.6 Å². The molecular formula is C35H37NO6. The first-order valence-electron chi connectivity index (χ1n) is 14.1. The van der Waals surface area contributed by atoms with Crippen LogP contribution < -0.4 is 9.47 Å². The van der Waals surface area contributed by atoms with Gasteiger partial charge in [0, 0.05) is 19.6 Å². The Morgan fingerprint density at radius 3 is 1.93 bits per heavy atom. The summed E-state index contributed by atoms with van der Waals surface area (Å²) in [7, 11) is 0. The van der Waals surface area contributed by atoms with Crippen molar-refractivity contribution in [3.05, 3.63) is 130 Å². The zero-order valence-electron chi connectivity index (χ0n) is 24.0. The van der Waals surface area contributed by atoms with Crippen molar-refractivity contribution < 1.29 is 29.3 Å². The Morgan fingerprint density at radius 1 is 0.714 bits per heavy atom. The second-order valence-electron chi connectivity index (χ2n) is 10.5. The molecular weight excluding hydrogens is 530 g/mol. The standard InChI is InChI=1S/C35H37NO6/c1-25(2)28-11-9-27(10-12-28)24-42-33-6-4-3-5-29(33)19-20-36(23-26-7-13-30(14-8-26)34(37)38)21-22-41-32-17-15-31(16-18-32)35(39)40/h3-18,25H,19-24H2,1-2H3,(H,37,38)(H,39,40). The van der Waals surface area contributed by atoms with Gasteiger partial charge >= 0.3 is 11.9 Å². The molecule has 4 aromatic rings. The van der Waals surface area contributed by atoms with Gasteiger partial charge < -0.3 is 19.7 Å². The highest BCUT2D eigenvalue weighted by Gasteiger charge is 2.12. The lowest BCUT2D eigenvalue weighted by molar-refractivity contribution is 0.0686. The molecule has 0 atom stereocenters. The van der Waals surface area contributed by atoms with Crippen LogP contribution in [0.4, 0.5) is 0 Å². The van der Waals surface area contributed by atoms with Crippen molar-refractivity contribution in [3.63, 3.8) is 0 Å². The van der Waals surface area contributed by atoms with E-state index in [4.69, 9.17) is 14.6 Å². The molecule has 0 aromatic heterocycles. The highest BCUT2D eigenvalue weighted by atomic mass is 16.5. The van der Waals surface area contributed by atoms with Crippen molar-refractivity contribution in [1.29, 1.82) is 0 Å². The smallest absolute Gasteiger partial charge is 0.335 e. The van der Waals surface area contributed by atoms with E-state index in [9.17, 15) is 14.7 Å². The topological polar surface area (TPSA) is 96.3 Å². The van der Waals surface area contributed by atoms with Crippen molar-refractivity contribution >= 4 is 11.9 Å². The highest BCUT2D eigenvalue weighted by molar-refractivity contribution is 5.88. The molecule has 0 unspecified atom stereocenters.